The van der Waals surface area contributed by atoms with Crippen LogP contribution in [0.3, 0.4) is 0 Å². The molecule has 7 nitrogen and oxygen atoms in total. The summed E-state index contributed by atoms with van der Waals surface area (Å²) in [6, 6.07) is 0. The second-order valence-electron chi connectivity index (χ2n) is 12.4. The van der Waals surface area contributed by atoms with Crippen LogP contribution in [0.1, 0.15) is 92.4 Å². The first-order chi connectivity index (χ1) is 16.4. The molecule has 4 rings (SSSR count). The van der Waals surface area contributed by atoms with Gasteiger partial charge in [-0.3, -0.25) is 14.4 Å². The number of ether oxygens (including phenoxy) is 2. The van der Waals surface area contributed by atoms with E-state index in [0.29, 0.717) is 31.5 Å². The van der Waals surface area contributed by atoms with E-state index < -0.39 is 5.97 Å². The predicted octanol–water partition coefficient (Wildman–Crippen LogP) is 3.46. The van der Waals surface area contributed by atoms with Gasteiger partial charge in [0.05, 0.1) is 0 Å². The van der Waals surface area contributed by atoms with E-state index >= 15 is 0 Å². The van der Waals surface area contributed by atoms with Crippen LogP contribution in [0.15, 0.2) is 0 Å². The lowest BCUT2D eigenvalue weighted by Crippen LogP contribution is -2.62. The Labute approximate surface area is 208 Å². The Morgan fingerprint density at radius 1 is 1.03 bits per heavy atom. The average Bonchev–Trinajstić information content (AvgIpc) is 3.11. The molecule has 0 aromatic carbocycles. The molecule has 0 aliphatic heterocycles. The largest absolute Gasteiger partial charge is 0.550 e. The van der Waals surface area contributed by atoms with Crippen molar-refractivity contribution in [1.29, 1.82) is 0 Å². The lowest BCUT2D eigenvalue weighted by Gasteiger charge is -2.62. The summed E-state index contributed by atoms with van der Waals surface area (Å²) in [4.78, 5) is 48.7. The minimum Gasteiger partial charge on any atom is -0.550 e. The summed E-state index contributed by atoms with van der Waals surface area (Å²) < 4.78 is 11.6. The fourth-order valence-electron chi connectivity index (χ4n) is 9.07. The minimum atomic E-state index is -1.04. The Balaban J connectivity index is 1.65. The Bertz CT molecular complexity index is 883. The van der Waals surface area contributed by atoms with Gasteiger partial charge in [-0.05, 0) is 86.4 Å². The van der Waals surface area contributed by atoms with Gasteiger partial charge in [-0.15, -0.1) is 0 Å². The number of hydrogen-bond donors (Lipinski definition) is 0. The van der Waals surface area contributed by atoms with Crippen LogP contribution in [0.4, 0.5) is 0 Å². The first-order valence-electron chi connectivity index (χ1n) is 13.4. The second kappa shape index (κ2) is 9.51. The van der Waals surface area contributed by atoms with Crippen LogP contribution < -0.4 is 5.11 Å². The van der Waals surface area contributed by atoms with Crippen molar-refractivity contribution in [2.45, 2.75) is 105 Å². The molecular weight excluding hydrogens is 448 g/mol. The quantitative estimate of drug-likeness (QED) is 0.526. The lowest BCUT2D eigenvalue weighted by molar-refractivity contribution is -0.306. The van der Waals surface area contributed by atoms with Gasteiger partial charge in [-0.2, -0.15) is 0 Å². The Morgan fingerprint density at radius 3 is 2.34 bits per heavy atom. The van der Waals surface area contributed by atoms with Crippen LogP contribution in [0, 0.1) is 46.3 Å². The molecule has 4 fully saturated rings. The van der Waals surface area contributed by atoms with Crippen LogP contribution in [0.25, 0.3) is 0 Å². The average molecular weight is 490 g/mol. The van der Waals surface area contributed by atoms with E-state index in [-0.39, 0.29) is 76.9 Å². The van der Waals surface area contributed by atoms with Crippen molar-refractivity contribution in [3.8, 4) is 0 Å². The molecule has 0 bridgehead atoms. The summed E-state index contributed by atoms with van der Waals surface area (Å²) >= 11 is 0. The van der Waals surface area contributed by atoms with Crippen molar-refractivity contribution in [3.05, 3.63) is 0 Å². The van der Waals surface area contributed by atoms with Gasteiger partial charge in [-0.1, -0.05) is 20.8 Å². The third-order valence-electron chi connectivity index (χ3n) is 10.7. The van der Waals surface area contributed by atoms with Gasteiger partial charge in [-0.25, -0.2) is 0 Å². The third-order valence-corrected chi connectivity index (χ3v) is 10.7. The van der Waals surface area contributed by atoms with Crippen molar-refractivity contribution in [3.63, 3.8) is 0 Å². The van der Waals surface area contributed by atoms with Crippen molar-refractivity contribution in [2.24, 2.45) is 46.3 Å². The van der Waals surface area contributed by atoms with E-state index in [9.17, 15) is 24.3 Å². The predicted molar refractivity (Wildman–Crippen MR) is 126 cm³/mol. The molecule has 4 aliphatic carbocycles. The normalized spacial score (nSPS) is 43.3. The van der Waals surface area contributed by atoms with Crippen molar-refractivity contribution < 1.29 is 33.8 Å². The zero-order valence-corrected chi connectivity index (χ0v) is 21.8. The molecule has 0 unspecified atom stereocenters. The van der Waals surface area contributed by atoms with Crippen LogP contribution in [-0.2, 0) is 28.7 Å². The molecule has 0 aromatic heterocycles. The Hall–Kier alpha value is -1.92. The lowest BCUT2D eigenvalue weighted by atomic mass is 9.43. The molecule has 4 aliphatic rings. The molecule has 0 radical (unpaired) electrons. The molecule has 0 N–H and O–H groups in total. The highest BCUT2D eigenvalue weighted by atomic mass is 16.5. The summed E-state index contributed by atoms with van der Waals surface area (Å²) in [6.45, 7) is 9.47. The Kier molecular flexibility index (Phi) is 7.11. The summed E-state index contributed by atoms with van der Waals surface area (Å²) in [5.41, 5.74) is -0.417. The van der Waals surface area contributed by atoms with Crippen molar-refractivity contribution in [2.75, 3.05) is 0 Å². The van der Waals surface area contributed by atoms with Gasteiger partial charge in [0.15, 0.2) is 0 Å². The summed E-state index contributed by atoms with van der Waals surface area (Å²) in [5.74, 6) is -0.620. The maximum atomic E-state index is 13.8. The van der Waals surface area contributed by atoms with Gasteiger partial charge in [0.2, 0.25) is 0 Å². The molecule has 0 heterocycles. The number of esters is 2. The molecule has 0 amide bonds. The number of carboxylic acid groups (broad SMARTS) is 1. The number of hydrogen-bond acceptors (Lipinski definition) is 7. The SMILES string of the molecule is CC(=O)O[C@@H]1CC[C@@]2(C)[C@H](CC(=O)[C@H]3[C@H]2C[C@H](OC(C)=O)[C@]2(C)[C@@H]([C@@H](C)CCC(=O)[O-])CC[C@@H]32)C1. The molecule has 196 valence electrons. The van der Waals surface area contributed by atoms with E-state index in [1.54, 1.807) is 0 Å². The highest BCUT2D eigenvalue weighted by Crippen LogP contribution is 2.68. The maximum absolute atomic E-state index is 13.8. The van der Waals surface area contributed by atoms with Gasteiger partial charge >= 0.3 is 11.9 Å². The maximum Gasteiger partial charge on any atom is 0.302 e. The molecular formula is C28H41O7-. The molecule has 35 heavy (non-hydrogen) atoms. The monoisotopic (exact) mass is 489 g/mol. The van der Waals surface area contributed by atoms with Crippen molar-refractivity contribution in [1.82, 2.24) is 0 Å². The summed E-state index contributed by atoms with van der Waals surface area (Å²) in [6.07, 6.45) is 5.53. The topological polar surface area (TPSA) is 110 Å². The van der Waals surface area contributed by atoms with Gasteiger partial charge < -0.3 is 19.4 Å². The number of ketones is 1. The fourth-order valence-corrected chi connectivity index (χ4v) is 9.07. The standard InChI is InChI=1S/C28H42O7/c1-15(6-9-25(32)33)20-7-8-21-26-22(14-24(28(20,21)5)35-17(3)30)27(4)11-10-19(34-16(2)29)12-18(27)13-23(26)31/h15,18-22,24,26H,6-14H2,1-5H3,(H,32,33)/p-1/t15-,18-,19+,20+,21-,22+,24-,26+,27-,28+/m0/s1. The van der Waals surface area contributed by atoms with Crippen LogP contribution in [0.2, 0.25) is 0 Å². The zero-order chi connectivity index (χ0) is 25.7. The summed E-state index contributed by atoms with van der Waals surface area (Å²) in [7, 11) is 0. The van der Waals surface area contributed by atoms with E-state index in [1.165, 1.54) is 13.8 Å². The number of carboxylic acids is 1. The molecule has 10 atom stereocenters. The third kappa shape index (κ3) is 4.53. The van der Waals surface area contributed by atoms with Gasteiger partial charge in [0, 0.05) is 37.6 Å². The zero-order valence-electron chi connectivity index (χ0n) is 21.8. The smallest absolute Gasteiger partial charge is 0.302 e. The van der Waals surface area contributed by atoms with Crippen molar-refractivity contribution >= 4 is 23.7 Å². The van der Waals surface area contributed by atoms with Gasteiger partial charge in [0.25, 0.3) is 0 Å². The van der Waals surface area contributed by atoms with E-state index in [0.717, 1.165) is 25.7 Å². The molecule has 4 saturated carbocycles. The van der Waals surface area contributed by atoms with E-state index in [4.69, 9.17) is 9.47 Å². The molecule has 0 aromatic rings. The van der Waals surface area contributed by atoms with E-state index in [2.05, 4.69) is 20.8 Å². The number of carbonyl (C=O) groups is 4. The number of fused-ring (bicyclic) bond motifs is 5. The number of aliphatic carboxylic acids is 1. The molecule has 0 spiro atoms. The fraction of sp³-hybridized carbons (Fsp3) is 0.857. The molecule has 0 saturated heterocycles. The van der Waals surface area contributed by atoms with Crippen LogP contribution >= 0.6 is 0 Å². The van der Waals surface area contributed by atoms with E-state index in [1.807, 2.05) is 0 Å². The second-order valence-corrected chi connectivity index (χ2v) is 12.4. The highest BCUT2D eigenvalue weighted by Gasteiger charge is 2.67. The number of carbonyl (C=O) groups excluding carboxylic acids is 4. The Morgan fingerprint density at radius 2 is 1.71 bits per heavy atom. The molecule has 7 heteroatoms. The number of Topliss-reactive ketones (excluding diaryl/α,β-unsaturated/α-hetero) is 1. The van der Waals surface area contributed by atoms with Crippen LogP contribution in [0.5, 0.6) is 0 Å². The van der Waals surface area contributed by atoms with Crippen LogP contribution in [-0.4, -0.2) is 35.9 Å². The van der Waals surface area contributed by atoms with Gasteiger partial charge in [0.1, 0.15) is 18.0 Å². The first-order valence-corrected chi connectivity index (χ1v) is 13.4. The highest BCUT2D eigenvalue weighted by molar-refractivity contribution is 5.83. The number of rotatable bonds is 6. The minimum absolute atomic E-state index is 0.0187. The first kappa shape index (κ1) is 26.2. The summed E-state index contributed by atoms with van der Waals surface area (Å²) in [5, 5.41) is 11.1.